The van der Waals surface area contributed by atoms with Crippen LogP contribution in [0, 0.1) is 0 Å². The number of rotatable bonds is 5. The molecule has 2 amide bonds. The molecule has 0 saturated carbocycles. The van der Waals surface area contributed by atoms with Gasteiger partial charge in [0.15, 0.2) is 0 Å². The van der Waals surface area contributed by atoms with E-state index in [9.17, 15) is 9.59 Å². The molecule has 3 N–H and O–H groups in total. The summed E-state index contributed by atoms with van der Waals surface area (Å²) in [5, 5.41) is 3.41. The molecule has 1 heterocycles. The zero-order valence-electron chi connectivity index (χ0n) is 13.0. The predicted octanol–water partition coefficient (Wildman–Crippen LogP) is 2.22. The third-order valence-corrected chi connectivity index (χ3v) is 4.10. The number of nitrogens with two attached hydrogens (primary N) is 1. The van der Waals surface area contributed by atoms with Crippen molar-refractivity contribution in [1.82, 2.24) is 10.2 Å². The normalized spacial score (nSPS) is 15.0. The number of nitrogens with one attached hydrogen (secondary N) is 1. The topological polar surface area (TPSA) is 75.4 Å². The van der Waals surface area contributed by atoms with Gasteiger partial charge in [0.1, 0.15) is 0 Å². The predicted molar refractivity (Wildman–Crippen MR) is 94.1 cm³/mol. The number of halogens is 2. The van der Waals surface area contributed by atoms with E-state index in [0.29, 0.717) is 30.0 Å². The number of benzene rings is 1. The smallest absolute Gasteiger partial charge is 0.251 e. The Morgan fingerprint density at radius 2 is 1.83 bits per heavy atom. The highest BCUT2D eigenvalue weighted by Gasteiger charge is 2.19. The maximum absolute atomic E-state index is 12.0. The molecule has 1 fully saturated rings. The molecule has 0 radical (unpaired) electrons. The average molecular weight is 360 g/mol. The number of hydrogen-bond acceptors (Lipinski definition) is 3. The summed E-state index contributed by atoms with van der Waals surface area (Å²) < 4.78 is 0. The van der Waals surface area contributed by atoms with E-state index >= 15 is 0 Å². The summed E-state index contributed by atoms with van der Waals surface area (Å²) in [6.45, 7) is 1.98. The summed E-state index contributed by atoms with van der Waals surface area (Å²) in [5.74, 6) is 0.000651. The second kappa shape index (κ2) is 9.75. The molecular formula is C16H23Cl2N3O2. The van der Waals surface area contributed by atoms with Crippen molar-refractivity contribution in [3.8, 4) is 0 Å². The lowest BCUT2D eigenvalue weighted by Crippen LogP contribution is -2.43. The highest BCUT2D eigenvalue weighted by Crippen LogP contribution is 2.11. The Morgan fingerprint density at radius 1 is 1.22 bits per heavy atom. The molecule has 128 valence electrons. The number of carbonyl (C=O) groups is 2. The van der Waals surface area contributed by atoms with E-state index in [4.69, 9.17) is 17.3 Å². The van der Waals surface area contributed by atoms with Gasteiger partial charge in [-0.3, -0.25) is 9.59 Å². The Balaban J connectivity index is 0.00000264. The third kappa shape index (κ3) is 6.37. The van der Waals surface area contributed by atoms with E-state index in [0.717, 1.165) is 25.9 Å². The Morgan fingerprint density at radius 3 is 2.43 bits per heavy atom. The van der Waals surface area contributed by atoms with Gasteiger partial charge in [-0.05, 0) is 43.5 Å². The van der Waals surface area contributed by atoms with E-state index in [1.165, 1.54) is 0 Å². The van der Waals surface area contributed by atoms with Gasteiger partial charge >= 0.3 is 0 Å². The van der Waals surface area contributed by atoms with Gasteiger partial charge in [0, 0.05) is 42.7 Å². The van der Waals surface area contributed by atoms with Gasteiger partial charge in [0.25, 0.3) is 5.91 Å². The molecule has 0 spiro atoms. The van der Waals surface area contributed by atoms with Gasteiger partial charge < -0.3 is 16.0 Å². The fourth-order valence-electron chi connectivity index (χ4n) is 2.45. The number of amides is 2. The first kappa shape index (κ1) is 19.7. The SMILES string of the molecule is Cl.NC1CCN(C(=O)CCCNC(=O)c2ccc(Cl)cc2)CC1. The first-order valence-corrected chi connectivity index (χ1v) is 8.01. The summed E-state index contributed by atoms with van der Waals surface area (Å²) in [4.78, 5) is 25.8. The van der Waals surface area contributed by atoms with E-state index in [1.54, 1.807) is 24.3 Å². The van der Waals surface area contributed by atoms with Crippen LogP contribution in [0.4, 0.5) is 0 Å². The van der Waals surface area contributed by atoms with Crippen LogP contribution in [0.25, 0.3) is 0 Å². The van der Waals surface area contributed by atoms with Crippen molar-refractivity contribution in [1.29, 1.82) is 0 Å². The minimum atomic E-state index is -0.145. The number of carbonyl (C=O) groups excluding carboxylic acids is 2. The summed E-state index contributed by atoms with van der Waals surface area (Å²) in [7, 11) is 0. The highest BCUT2D eigenvalue weighted by molar-refractivity contribution is 6.30. The van der Waals surface area contributed by atoms with Crippen LogP contribution in [0.1, 0.15) is 36.0 Å². The maximum Gasteiger partial charge on any atom is 0.251 e. The average Bonchev–Trinajstić information content (AvgIpc) is 2.52. The van der Waals surface area contributed by atoms with Crippen molar-refractivity contribution < 1.29 is 9.59 Å². The molecular weight excluding hydrogens is 337 g/mol. The molecule has 0 unspecified atom stereocenters. The number of piperidine rings is 1. The van der Waals surface area contributed by atoms with Crippen molar-refractivity contribution >= 4 is 35.8 Å². The van der Waals surface area contributed by atoms with Crippen molar-refractivity contribution in [2.45, 2.75) is 31.7 Å². The Labute approximate surface area is 148 Å². The number of nitrogens with zero attached hydrogens (tertiary/aromatic N) is 1. The lowest BCUT2D eigenvalue weighted by molar-refractivity contribution is -0.132. The quantitative estimate of drug-likeness (QED) is 0.791. The summed E-state index contributed by atoms with van der Waals surface area (Å²) in [6, 6.07) is 6.95. The molecule has 5 nitrogen and oxygen atoms in total. The molecule has 0 aromatic heterocycles. The van der Waals surface area contributed by atoms with Crippen LogP contribution in [0.2, 0.25) is 5.02 Å². The lowest BCUT2D eigenvalue weighted by atomic mass is 10.1. The third-order valence-electron chi connectivity index (χ3n) is 3.85. The van der Waals surface area contributed by atoms with Crippen molar-refractivity contribution in [2.75, 3.05) is 19.6 Å². The molecule has 0 aliphatic carbocycles. The van der Waals surface area contributed by atoms with Crippen molar-refractivity contribution in [2.24, 2.45) is 5.73 Å². The van der Waals surface area contributed by atoms with Crippen LogP contribution in [0.15, 0.2) is 24.3 Å². The van der Waals surface area contributed by atoms with Gasteiger partial charge in [-0.2, -0.15) is 0 Å². The Kier molecular flexibility index (Phi) is 8.37. The summed E-state index contributed by atoms with van der Waals surface area (Å²) in [5.41, 5.74) is 6.39. The van der Waals surface area contributed by atoms with Crippen LogP contribution < -0.4 is 11.1 Å². The molecule has 1 aliphatic heterocycles. The van der Waals surface area contributed by atoms with Gasteiger partial charge in [-0.15, -0.1) is 12.4 Å². The molecule has 0 bridgehead atoms. The second-order valence-corrected chi connectivity index (χ2v) is 6.02. The number of hydrogen-bond donors (Lipinski definition) is 2. The van der Waals surface area contributed by atoms with Crippen LogP contribution in [0.3, 0.4) is 0 Å². The van der Waals surface area contributed by atoms with E-state index in [-0.39, 0.29) is 30.3 Å². The van der Waals surface area contributed by atoms with E-state index in [1.807, 2.05) is 4.90 Å². The molecule has 1 aliphatic rings. The molecule has 1 aromatic carbocycles. The highest BCUT2D eigenvalue weighted by atomic mass is 35.5. The first-order valence-electron chi connectivity index (χ1n) is 7.63. The fraction of sp³-hybridized carbons (Fsp3) is 0.500. The molecule has 1 aromatic rings. The van der Waals surface area contributed by atoms with Crippen molar-refractivity contribution in [3.63, 3.8) is 0 Å². The van der Waals surface area contributed by atoms with Crippen LogP contribution in [0.5, 0.6) is 0 Å². The Hall–Kier alpha value is -1.30. The minimum Gasteiger partial charge on any atom is -0.352 e. The van der Waals surface area contributed by atoms with Gasteiger partial charge in [-0.1, -0.05) is 11.6 Å². The van der Waals surface area contributed by atoms with Gasteiger partial charge in [0.2, 0.25) is 5.91 Å². The largest absolute Gasteiger partial charge is 0.352 e. The lowest BCUT2D eigenvalue weighted by Gasteiger charge is -2.30. The first-order chi connectivity index (χ1) is 10.6. The number of likely N-dealkylation sites (tertiary alicyclic amines) is 1. The van der Waals surface area contributed by atoms with Gasteiger partial charge in [-0.25, -0.2) is 0 Å². The molecule has 7 heteroatoms. The minimum absolute atomic E-state index is 0. The molecule has 23 heavy (non-hydrogen) atoms. The summed E-state index contributed by atoms with van der Waals surface area (Å²) in [6.07, 6.45) is 2.84. The molecule has 2 rings (SSSR count). The fourth-order valence-corrected chi connectivity index (χ4v) is 2.58. The van der Waals surface area contributed by atoms with Crippen LogP contribution >= 0.6 is 24.0 Å². The Bertz CT molecular complexity index is 515. The molecule has 1 saturated heterocycles. The zero-order chi connectivity index (χ0) is 15.9. The van der Waals surface area contributed by atoms with Gasteiger partial charge in [0.05, 0.1) is 0 Å². The maximum atomic E-state index is 12.0. The zero-order valence-corrected chi connectivity index (χ0v) is 14.5. The summed E-state index contributed by atoms with van der Waals surface area (Å²) >= 11 is 5.78. The van der Waals surface area contributed by atoms with E-state index < -0.39 is 0 Å². The second-order valence-electron chi connectivity index (χ2n) is 5.58. The monoisotopic (exact) mass is 359 g/mol. The van der Waals surface area contributed by atoms with Crippen LogP contribution in [-0.4, -0.2) is 42.4 Å². The standard InChI is InChI=1S/C16H22ClN3O2.ClH/c17-13-5-3-12(4-6-13)16(22)19-9-1-2-15(21)20-10-7-14(18)8-11-20;/h3-6,14H,1-2,7-11,18H2,(H,19,22);1H. The van der Waals surface area contributed by atoms with Crippen molar-refractivity contribution in [3.05, 3.63) is 34.9 Å². The molecule has 0 atom stereocenters. The van der Waals surface area contributed by atoms with Crippen LogP contribution in [-0.2, 0) is 4.79 Å². The van der Waals surface area contributed by atoms with E-state index in [2.05, 4.69) is 5.32 Å².